The molecule has 110 valence electrons. The number of aryl methyl sites for hydroxylation is 1. The predicted molar refractivity (Wildman–Crippen MR) is 75.5 cm³/mol. The summed E-state index contributed by atoms with van der Waals surface area (Å²) < 4.78 is 10.3. The zero-order valence-electron chi connectivity index (χ0n) is 12.1. The lowest BCUT2D eigenvalue weighted by Gasteiger charge is -2.09. The molecule has 0 aliphatic rings. The van der Waals surface area contributed by atoms with Crippen LogP contribution in [0.1, 0.15) is 25.8 Å². The zero-order chi connectivity index (χ0) is 15.0. The van der Waals surface area contributed by atoms with Crippen molar-refractivity contribution in [3.8, 4) is 5.75 Å². The third-order valence-corrected chi connectivity index (χ3v) is 2.38. The predicted octanol–water partition coefficient (Wildman–Crippen LogP) is 1.83. The lowest BCUT2D eigenvalue weighted by molar-refractivity contribution is -0.147. The van der Waals surface area contributed by atoms with E-state index in [4.69, 9.17) is 9.47 Å². The number of ether oxygens (including phenoxy) is 2. The van der Waals surface area contributed by atoms with Crippen LogP contribution in [-0.2, 0) is 14.3 Å². The van der Waals surface area contributed by atoms with E-state index < -0.39 is 0 Å². The molecule has 0 heterocycles. The summed E-state index contributed by atoms with van der Waals surface area (Å²) in [4.78, 5) is 22.8. The summed E-state index contributed by atoms with van der Waals surface area (Å²) in [5.74, 6) is 0.0723. The van der Waals surface area contributed by atoms with E-state index >= 15 is 0 Å². The van der Waals surface area contributed by atoms with Crippen LogP contribution in [0.5, 0.6) is 5.75 Å². The maximum absolute atomic E-state index is 11.5. The van der Waals surface area contributed by atoms with E-state index in [1.807, 2.05) is 25.1 Å². The van der Waals surface area contributed by atoms with Gasteiger partial charge in [0.05, 0.1) is 12.5 Å². The molecule has 0 unspecified atom stereocenters. The molecule has 1 aromatic rings. The molecule has 0 spiro atoms. The van der Waals surface area contributed by atoms with Crippen molar-refractivity contribution in [1.82, 2.24) is 5.32 Å². The van der Waals surface area contributed by atoms with Crippen molar-refractivity contribution in [3.05, 3.63) is 29.8 Å². The highest BCUT2D eigenvalue weighted by Gasteiger charge is 2.07. The summed E-state index contributed by atoms with van der Waals surface area (Å²) in [5, 5.41) is 2.61. The van der Waals surface area contributed by atoms with Crippen molar-refractivity contribution in [1.29, 1.82) is 0 Å². The average molecular weight is 279 g/mol. The first kappa shape index (κ1) is 16.0. The second-order valence-electron chi connectivity index (χ2n) is 4.74. The molecule has 0 saturated carbocycles. The quantitative estimate of drug-likeness (QED) is 0.773. The van der Waals surface area contributed by atoms with Crippen molar-refractivity contribution < 1.29 is 19.1 Å². The summed E-state index contributed by atoms with van der Waals surface area (Å²) >= 11 is 0. The Morgan fingerprint density at radius 2 is 2.05 bits per heavy atom. The molecule has 0 radical (unpaired) electrons. The SMILES string of the molecule is Cc1cccc(OCC(=O)NCCC(=O)OC(C)C)c1. The molecule has 1 aromatic carbocycles. The molecule has 0 fully saturated rings. The van der Waals surface area contributed by atoms with Gasteiger partial charge >= 0.3 is 5.97 Å². The van der Waals surface area contributed by atoms with Gasteiger partial charge in [0.15, 0.2) is 6.61 Å². The molecule has 0 aliphatic heterocycles. The van der Waals surface area contributed by atoms with E-state index in [0.29, 0.717) is 5.75 Å². The number of rotatable bonds is 7. The van der Waals surface area contributed by atoms with E-state index in [2.05, 4.69) is 5.32 Å². The third-order valence-electron chi connectivity index (χ3n) is 2.38. The molecule has 20 heavy (non-hydrogen) atoms. The van der Waals surface area contributed by atoms with Gasteiger partial charge in [-0.25, -0.2) is 0 Å². The maximum atomic E-state index is 11.5. The number of hydrogen-bond acceptors (Lipinski definition) is 4. The normalized spacial score (nSPS) is 10.2. The van der Waals surface area contributed by atoms with E-state index in [0.717, 1.165) is 5.56 Å². The van der Waals surface area contributed by atoms with Crippen LogP contribution in [0, 0.1) is 6.92 Å². The lowest BCUT2D eigenvalue weighted by atomic mass is 10.2. The van der Waals surface area contributed by atoms with Crippen LogP contribution in [-0.4, -0.2) is 31.1 Å². The minimum absolute atomic E-state index is 0.0668. The number of esters is 1. The molecule has 0 aromatic heterocycles. The molecule has 1 rings (SSSR count). The first-order valence-electron chi connectivity index (χ1n) is 6.63. The fourth-order valence-electron chi connectivity index (χ4n) is 1.53. The largest absolute Gasteiger partial charge is 0.484 e. The highest BCUT2D eigenvalue weighted by atomic mass is 16.5. The molecular formula is C15H21NO4. The van der Waals surface area contributed by atoms with Crippen LogP contribution in [0.3, 0.4) is 0 Å². The molecule has 5 nitrogen and oxygen atoms in total. The van der Waals surface area contributed by atoms with Gasteiger partial charge in [-0.05, 0) is 38.5 Å². The van der Waals surface area contributed by atoms with E-state index in [1.54, 1.807) is 19.9 Å². The minimum Gasteiger partial charge on any atom is -0.484 e. The van der Waals surface area contributed by atoms with Crippen molar-refractivity contribution in [2.45, 2.75) is 33.3 Å². The van der Waals surface area contributed by atoms with Crippen molar-refractivity contribution >= 4 is 11.9 Å². The van der Waals surface area contributed by atoms with Gasteiger partial charge < -0.3 is 14.8 Å². The molecule has 0 atom stereocenters. The van der Waals surface area contributed by atoms with Crippen LogP contribution in [0.4, 0.5) is 0 Å². The molecule has 1 amide bonds. The second-order valence-corrected chi connectivity index (χ2v) is 4.74. The lowest BCUT2D eigenvalue weighted by Crippen LogP contribution is -2.31. The second kappa shape index (κ2) is 8.19. The summed E-state index contributed by atoms with van der Waals surface area (Å²) in [6.07, 6.45) is 0.0248. The number of carbonyl (C=O) groups is 2. The Morgan fingerprint density at radius 1 is 1.30 bits per heavy atom. The Morgan fingerprint density at radius 3 is 2.70 bits per heavy atom. The third kappa shape index (κ3) is 6.78. The van der Waals surface area contributed by atoms with E-state index in [-0.39, 0.29) is 37.6 Å². The van der Waals surface area contributed by atoms with Gasteiger partial charge in [0, 0.05) is 6.54 Å². The standard InChI is InChI=1S/C15H21NO4/c1-11(2)20-15(18)7-8-16-14(17)10-19-13-6-4-5-12(3)9-13/h4-6,9,11H,7-8,10H2,1-3H3,(H,16,17). The van der Waals surface area contributed by atoms with Gasteiger partial charge in [0.1, 0.15) is 5.75 Å². The van der Waals surface area contributed by atoms with Gasteiger partial charge in [0.2, 0.25) is 0 Å². The van der Waals surface area contributed by atoms with E-state index in [9.17, 15) is 9.59 Å². The molecule has 1 N–H and O–H groups in total. The van der Waals surface area contributed by atoms with Crippen LogP contribution in [0.15, 0.2) is 24.3 Å². The number of amides is 1. The molecule has 5 heteroatoms. The van der Waals surface area contributed by atoms with Gasteiger partial charge in [-0.15, -0.1) is 0 Å². The summed E-state index contributed by atoms with van der Waals surface area (Å²) in [5.41, 5.74) is 1.07. The Balaban J connectivity index is 2.19. The summed E-state index contributed by atoms with van der Waals surface area (Å²) in [6.45, 7) is 5.70. The summed E-state index contributed by atoms with van der Waals surface area (Å²) in [6, 6.07) is 7.46. The van der Waals surface area contributed by atoms with Gasteiger partial charge in [0.25, 0.3) is 5.91 Å². The van der Waals surface area contributed by atoms with Crippen molar-refractivity contribution in [3.63, 3.8) is 0 Å². The number of hydrogen-bond donors (Lipinski definition) is 1. The Kier molecular flexibility index (Phi) is 6.56. The zero-order valence-corrected chi connectivity index (χ0v) is 12.1. The topological polar surface area (TPSA) is 64.6 Å². The Bertz CT molecular complexity index is 457. The van der Waals surface area contributed by atoms with Crippen molar-refractivity contribution in [2.24, 2.45) is 0 Å². The van der Waals surface area contributed by atoms with Gasteiger partial charge in [-0.2, -0.15) is 0 Å². The monoisotopic (exact) mass is 279 g/mol. The number of carbonyl (C=O) groups excluding carboxylic acids is 2. The van der Waals surface area contributed by atoms with Crippen LogP contribution < -0.4 is 10.1 Å². The fourth-order valence-corrected chi connectivity index (χ4v) is 1.53. The van der Waals surface area contributed by atoms with Gasteiger partial charge in [-0.3, -0.25) is 9.59 Å². The average Bonchev–Trinajstić information content (AvgIpc) is 2.35. The minimum atomic E-state index is -0.320. The van der Waals surface area contributed by atoms with E-state index in [1.165, 1.54) is 0 Å². The fraction of sp³-hybridized carbons (Fsp3) is 0.467. The Labute approximate surface area is 119 Å². The molecule has 0 saturated heterocycles. The molecular weight excluding hydrogens is 258 g/mol. The van der Waals surface area contributed by atoms with Crippen LogP contribution >= 0.6 is 0 Å². The maximum Gasteiger partial charge on any atom is 0.307 e. The number of nitrogens with one attached hydrogen (secondary N) is 1. The van der Waals surface area contributed by atoms with Crippen molar-refractivity contribution in [2.75, 3.05) is 13.2 Å². The molecule has 0 aliphatic carbocycles. The highest BCUT2D eigenvalue weighted by molar-refractivity contribution is 5.78. The number of benzene rings is 1. The highest BCUT2D eigenvalue weighted by Crippen LogP contribution is 2.11. The summed E-state index contributed by atoms with van der Waals surface area (Å²) in [7, 11) is 0. The first-order chi connectivity index (χ1) is 9.47. The van der Waals surface area contributed by atoms with Gasteiger partial charge in [-0.1, -0.05) is 12.1 Å². The molecule has 0 bridgehead atoms. The van der Waals surface area contributed by atoms with Crippen LogP contribution in [0.25, 0.3) is 0 Å². The Hall–Kier alpha value is -2.04. The smallest absolute Gasteiger partial charge is 0.307 e. The van der Waals surface area contributed by atoms with Crippen LogP contribution in [0.2, 0.25) is 0 Å². The first-order valence-corrected chi connectivity index (χ1v) is 6.63.